The molecule has 0 fully saturated rings. The molecule has 0 saturated heterocycles. The summed E-state index contributed by atoms with van der Waals surface area (Å²) in [5, 5.41) is 7.71. The summed E-state index contributed by atoms with van der Waals surface area (Å²) in [7, 11) is 0. The molecule has 2 aromatic heterocycles. The van der Waals surface area contributed by atoms with Crippen LogP contribution in [0.25, 0.3) is 5.82 Å². The van der Waals surface area contributed by atoms with E-state index in [2.05, 4.69) is 48.8 Å². The highest BCUT2D eigenvalue weighted by Crippen LogP contribution is 2.27. The molecule has 0 unspecified atom stereocenters. The van der Waals surface area contributed by atoms with Crippen molar-refractivity contribution in [3.05, 3.63) is 80.7 Å². The van der Waals surface area contributed by atoms with Crippen LogP contribution < -0.4 is 16.2 Å². The largest absolute Gasteiger partial charge is 0.320 e. The van der Waals surface area contributed by atoms with Gasteiger partial charge in [-0.2, -0.15) is 5.10 Å². The number of aryl methyl sites for hydroxylation is 1. The monoisotopic (exact) mass is 522 g/mol. The molecule has 0 spiro atoms. The first-order valence-electron chi connectivity index (χ1n) is 8.94. The second kappa shape index (κ2) is 10.1. The third-order valence-electron chi connectivity index (χ3n) is 4.08. The highest BCUT2D eigenvalue weighted by Gasteiger charge is 2.22. The number of rotatable bonds is 7. The molecule has 0 radical (unpaired) electrons. The fourth-order valence-corrected chi connectivity index (χ4v) is 3.59. The molecule has 3 N–H and O–H groups in total. The lowest BCUT2D eigenvalue weighted by molar-refractivity contribution is 0.0936. The van der Waals surface area contributed by atoms with E-state index >= 15 is 0 Å². The van der Waals surface area contributed by atoms with E-state index < -0.39 is 11.8 Å². The Morgan fingerprint density at radius 3 is 2.74 bits per heavy atom. The maximum Gasteiger partial charge on any atom is 0.274 e. The van der Waals surface area contributed by atoms with Crippen LogP contribution in [0.3, 0.4) is 0 Å². The predicted molar refractivity (Wildman–Crippen MR) is 124 cm³/mol. The van der Waals surface area contributed by atoms with Crippen molar-refractivity contribution in [3.8, 4) is 5.82 Å². The summed E-state index contributed by atoms with van der Waals surface area (Å²) in [5.74, 6) is -0.692. The Kier molecular flexibility index (Phi) is 7.45. The lowest BCUT2D eigenvalue weighted by Crippen LogP contribution is -2.38. The van der Waals surface area contributed by atoms with Crippen molar-refractivity contribution in [2.75, 3.05) is 11.9 Å². The van der Waals surface area contributed by atoms with E-state index in [0.717, 1.165) is 0 Å². The molecule has 160 valence electrons. The summed E-state index contributed by atoms with van der Waals surface area (Å²) >= 11 is 15.6. The SMILES string of the molecule is C=CCNNC(=O)c1cc(Cl)cc(C)c1NC(=O)c1cc(Br)nn1-c1ncccc1Cl. The van der Waals surface area contributed by atoms with Crippen LogP contribution >= 0.6 is 39.1 Å². The van der Waals surface area contributed by atoms with Crippen LogP contribution in [0, 0.1) is 6.92 Å². The van der Waals surface area contributed by atoms with E-state index in [0.29, 0.717) is 38.3 Å². The molecule has 3 rings (SSSR count). The molecule has 0 saturated carbocycles. The number of anilines is 1. The van der Waals surface area contributed by atoms with Gasteiger partial charge in [0.25, 0.3) is 11.8 Å². The van der Waals surface area contributed by atoms with E-state index in [4.69, 9.17) is 23.2 Å². The Bertz CT molecular complexity index is 1160. The standard InChI is InChI=1S/C20H17BrCl2N6O2/c1-3-6-25-27-19(30)13-9-12(22)8-11(2)17(13)26-20(31)15-10-16(21)28-29(15)18-14(23)5-4-7-24-18/h3-5,7-10,25H,1,6H2,2H3,(H,26,31)(H,27,30). The molecule has 2 heterocycles. The van der Waals surface area contributed by atoms with Crippen LogP contribution in [0.2, 0.25) is 10.0 Å². The van der Waals surface area contributed by atoms with Crippen LogP contribution in [-0.2, 0) is 0 Å². The van der Waals surface area contributed by atoms with Gasteiger partial charge in [-0.3, -0.25) is 15.0 Å². The number of hydrogen-bond acceptors (Lipinski definition) is 5. The topological polar surface area (TPSA) is 101 Å². The number of carbonyl (C=O) groups excluding carboxylic acids is 2. The van der Waals surface area contributed by atoms with E-state index in [-0.39, 0.29) is 11.3 Å². The van der Waals surface area contributed by atoms with Gasteiger partial charge in [0.15, 0.2) is 5.82 Å². The molecule has 8 nitrogen and oxygen atoms in total. The second-order valence-corrected chi connectivity index (χ2v) is 7.95. The number of aromatic nitrogens is 3. The van der Waals surface area contributed by atoms with Crippen LogP contribution in [0.1, 0.15) is 26.4 Å². The lowest BCUT2D eigenvalue weighted by atomic mass is 10.1. The van der Waals surface area contributed by atoms with Gasteiger partial charge < -0.3 is 5.32 Å². The minimum atomic E-state index is -0.515. The maximum absolute atomic E-state index is 13.1. The van der Waals surface area contributed by atoms with E-state index in [1.807, 2.05) is 0 Å². The molecule has 11 heteroatoms. The zero-order chi connectivity index (χ0) is 22.5. The average molecular weight is 524 g/mol. The molecule has 0 aliphatic heterocycles. The average Bonchev–Trinajstić information content (AvgIpc) is 3.11. The number of hydrazine groups is 1. The highest BCUT2D eigenvalue weighted by atomic mass is 79.9. The number of benzene rings is 1. The van der Waals surface area contributed by atoms with Crippen LogP contribution in [0.15, 0.2) is 53.8 Å². The summed E-state index contributed by atoms with van der Waals surface area (Å²) < 4.78 is 1.73. The minimum Gasteiger partial charge on any atom is -0.320 e. The summed E-state index contributed by atoms with van der Waals surface area (Å²) in [5.41, 5.74) is 6.51. The zero-order valence-electron chi connectivity index (χ0n) is 16.2. The molecule has 31 heavy (non-hydrogen) atoms. The molecule has 0 bridgehead atoms. The third-order valence-corrected chi connectivity index (χ3v) is 4.98. The molecule has 0 atom stereocenters. The summed E-state index contributed by atoms with van der Waals surface area (Å²) in [4.78, 5) is 30.0. The quantitative estimate of drug-likeness (QED) is 0.243. The van der Waals surface area contributed by atoms with Crippen molar-refractivity contribution >= 4 is 56.6 Å². The zero-order valence-corrected chi connectivity index (χ0v) is 19.3. The number of pyridine rings is 1. The van der Waals surface area contributed by atoms with Crippen molar-refractivity contribution in [3.63, 3.8) is 0 Å². The van der Waals surface area contributed by atoms with Gasteiger partial charge in [0.1, 0.15) is 10.3 Å². The molecular weight excluding hydrogens is 507 g/mol. The number of hydrogen-bond donors (Lipinski definition) is 3. The van der Waals surface area contributed by atoms with E-state index in [9.17, 15) is 9.59 Å². The van der Waals surface area contributed by atoms with Crippen molar-refractivity contribution in [1.29, 1.82) is 0 Å². The number of halogens is 3. The Morgan fingerprint density at radius 1 is 1.26 bits per heavy atom. The lowest BCUT2D eigenvalue weighted by Gasteiger charge is -2.15. The number of carbonyl (C=O) groups is 2. The van der Waals surface area contributed by atoms with Crippen LogP contribution in [-0.4, -0.2) is 33.1 Å². The number of nitrogens with one attached hydrogen (secondary N) is 3. The summed E-state index contributed by atoms with van der Waals surface area (Å²) in [6.07, 6.45) is 3.13. The number of nitrogens with zero attached hydrogens (tertiary/aromatic N) is 3. The van der Waals surface area contributed by atoms with Gasteiger partial charge in [0.05, 0.1) is 16.3 Å². The van der Waals surface area contributed by atoms with Crippen molar-refractivity contribution in [1.82, 2.24) is 25.6 Å². The van der Waals surface area contributed by atoms with Gasteiger partial charge in [-0.1, -0.05) is 29.3 Å². The van der Waals surface area contributed by atoms with Gasteiger partial charge >= 0.3 is 0 Å². The molecule has 0 aliphatic rings. The van der Waals surface area contributed by atoms with Crippen LogP contribution in [0.4, 0.5) is 5.69 Å². The molecule has 1 aromatic carbocycles. The fraction of sp³-hybridized carbons (Fsp3) is 0.100. The Balaban J connectivity index is 1.97. The van der Waals surface area contributed by atoms with E-state index in [1.165, 1.54) is 16.8 Å². The predicted octanol–water partition coefficient (Wildman–Crippen LogP) is 4.32. The Hall–Kier alpha value is -2.72. The first kappa shape index (κ1) is 23.0. The maximum atomic E-state index is 13.1. The first-order chi connectivity index (χ1) is 14.8. The third kappa shape index (κ3) is 5.31. The molecule has 0 aliphatic carbocycles. The van der Waals surface area contributed by atoms with Crippen molar-refractivity contribution in [2.45, 2.75) is 6.92 Å². The van der Waals surface area contributed by atoms with E-state index in [1.54, 1.807) is 37.4 Å². The van der Waals surface area contributed by atoms with Crippen LogP contribution in [0.5, 0.6) is 0 Å². The van der Waals surface area contributed by atoms with Gasteiger partial charge in [-0.05, 0) is 52.7 Å². The van der Waals surface area contributed by atoms with Gasteiger partial charge in [-0.25, -0.2) is 15.1 Å². The van der Waals surface area contributed by atoms with Gasteiger partial charge in [0.2, 0.25) is 0 Å². The fourth-order valence-electron chi connectivity index (χ4n) is 2.75. The van der Waals surface area contributed by atoms with Gasteiger partial charge in [0, 0.05) is 23.8 Å². The summed E-state index contributed by atoms with van der Waals surface area (Å²) in [6, 6.07) is 7.96. The Labute approximate surface area is 196 Å². The van der Waals surface area contributed by atoms with Crippen molar-refractivity contribution < 1.29 is 9.59 Å². The molecular formula is C20H17BrCl2N6O2. The first-order valence-corrected chi connectivity index (χ1v) is 10.5. The minimum absolute atomic E-state index is 0.165. The molecule has 2 amide bonds. The number of amides is 2. The van der Waals surface area contributed by atoms with Gasteiger partial charge in [-0.15, -0.1) is 6.58 Å². The molecule has 3 aromatic rings. The second-order valence-electron chi connectivity index (χ2n) is 6.30. The normalized spacial score (nSPS) is 10.6. The smallest absolute Gasteiger partial charge is 0.274 e. The highest BCUT2D eigenvalue weighted by molar-refractivity contribution is 9.10. The Morgan fingerprint density at radius 2 is 2.03 bits per heavy atom. The summed E-state index contributed by atoms with van der Waals surface area (Å²) in [6.45, 7) is 5.67. The van der Waals surface area contributed by atoms with Crippen molar-refractivity contribution in [2.24, 2.45) is 0 Å².